The van der Waals surface area contributed by atoms with Gasteiger partial charge in [-0.1, -0.05) is 99.7 Å². The second kappa shape index (κ2) is 25.9. The molecule has 3 unspecified atom stereocenters. The van der Waals surface area contributed by atoms with Gasteiger partial charge in [0, 0.05) is 33.2 Å². The summed E-state index contributed by atoms with van der Waals surface area (Å²) in [5, 5.41) is 27.6. The number of ether oxygens (including phenoxy) is 4. The van der Waals surface area contributed by atoms with Gasteiger partial charge < -0.3 is 33.7 Å². The summed E-state index contributed by atoms with van der Waals surface area (Å²) in [6, 6.07) is 31.6. The van der Waals surface area contributed by atoms with E-state index in [9.17, 15) is 23.1 Å². The fourth-order valence-corrected chi connectivity index (χ4v) is 9.00. The van der Waals surface area contributed by atoms with Crippen LogP contribution in [0.1, 0.15) is 60.1 Å². The Morgan fingerprint density at radius 2 is 1.64 bits per heavy atom. The molecule has 77 heavy (non-hydrogen) atoms. The van der Waals surface area contributed by atoms with Crippen LogP contribution in [0, 0.1) is 4.77 Å². The van der Waals surface area contributed by atoms with E-state index in [0.717, 1.165) is 30.5 Å². The topological polar surface area (TPSA) is 182 Å². The van der Waals surface area contributed by atoms with Gasteiger partial charge in [0.15, 0.2) is 5.71 Å². The summed E-state index contributed by atoms with van der Waals surface area (Å²) < 4.78 is 64.9. The summed E-state index contributed by atoms with van der Waals surface area (Å²) >= 11 is 30.4. The molecule has 16 nitrogen and oxygen atoms in total. The van der Waals surface area contributed by atoms with Crippen LogP contribution in [0.3, 0.4) is 0 Å². The van der Waals surface area contributed by atoms with Crippen molar-refractivity contribution in [1.29, 1.82) is 0 Å². The Hall–Kier alpha value is -6.36. The summed E-state index contributed by atoms with van der Waals surface area (Å²) in [5.74, 6) is -0.443. The number of nitrogens with one attached hydrogen (secondary N) is 1. The second-order valence-electron chi connectivity index (χ2n) is 17.6. The Morgan fingerprint density at radius 1 is 0.922 bits per heavy atom. The molecule has 1 aliphatic heterocycles. The van der Waals surface area contributed by atoms with E-state index in [-0.39, 0.29) is 36.2 Å². The highest BCUT2D eigenvalue weighted by molar-refractivity contribution is 7.71. The minimum absolute atomic E-state index is 0.0484. The van der Waals surface area contributed by atoms with Crippen LogP contribution in [-0.2, 0) is 66.8 Å². The fourth-order valence-electron chi connectivity index (χ4n) is 7.96. The SMILES string of the molecule is CC1COC(Cn2cncn2)(c2ccc(Oc3ccc(Cl)cc3)cc2Cl)O1.CO/N=C(/C(=O)OC)c1ccccc1CO/N=C(\C)c1cccc(C(F)(F)F)c1.OC(Cc1ccccc1Cl)(Cn1[nH]cnc1=S)C1(Cl)CC1. The van der Waals surface area contributed by atoms with Crippen molar-refractivity contribution in [1.82, 2.24) is 29.5 Å². The molecule has 3 heterocycles. The fraction of sp³-hybridized carbons (Fsp3) is 0.302. The van der Waals surface area contributed by atoms with Crippen LogP contribution in [0.15, 0.2) is 145 Å². The molecule has 3 atom stereocenters. The molecular formula is C53H51Cl4F3N8O8S. The van der Waals surface area contributed by atoms with Gasteiger partial charge in [0.05, 0.1) is 47.5 Å². The van der Waals surface area contributed by atoms with Crippen molar-refractivity contribution in [3.8, 4) is 11.5 Å². The Balaban J connectivity index is 0.000000170. The van der Waals surface area contributed by atoms with E-state index in [1.165, 1.54) is 45.9 Å². The van der Waals surface area contributed by atoms with Crippen LogP contribution in [0.4, 0.5) is 13.2 Å². The van der Waals surface area contributed by atoms with Crippen molar-refractivity contribution in [2.45, 2.75) is 81.3 Å². The molecule has 2 N–H and O–H groups in total. The van der Waals surface area contributed by atoms with Crippen molar-refractivity contribution in [2.75, 3.05) is 20.8 Å². The predicted molar refractivity (Wildman–Crippen MR) is 287 cm³/mol. The van der Waals surface area contributed by atoms with Crippen molar-refractivity contribution in [3.05, 3.63) is 187 Å². The van der Waals surface area contributed by atoms with Gasteiger partial charge in [0.2, 0.25) is 10.6 Å². The van der Waals surface area contributed by atoms with Gasteiger partial charge in [-0.25, -0.2) is 19.4 Å². The van der Waals surface area contributed by atoms with Crippen molar-refractivity contribution < 1.29 is 51.7 Å². The van der Waals surface area contributed by atoms with Crippen molar-refractivity contribution >= 4 is 76.0 Å². The smallest absolute Gasteiger partial charge is 0.416 e. The molecule has 5 aromatic carbocycles. The number of benzene rings is 5. The number of oxime groups is 2. The first-order valence-electron chi connectivity index (χ1n) is 23.5. The number of aromatic amines is 1. The number of aliphatic hydroxyl groups is 1. The van der Waals surface area contributed by atoms with Crippen LogP contribution >= 0.6 is 58.6 Å². The zero-order valence-electron chi connectivity index (χ0n) is 41.7. The normalized spacial score (nSPS) is 17.7. The second-order valence-corrected chi connectivity index (χ2v) is 19.9. The molecule has 0 bridgehead atoms. The van der Waals surface area contributed by atoms with E-state index in [1.54, 1.807) is 70.3 Å². The lowest BCUT2D eigenvalue weighted by molar-refractivity contribution is -0.186. The molecular weight excluding hydrogens is 1110 g/mol. The first kappa shape index (κ1) is 58.3. The molecule has 24 heteroatoms. The molecule has 9 rings (SSSR count). The van der Waals surface area contributed by atoms with E-state index >= 15 is 0 Å². The number of alkyl halides is 4. The van der Waals surface area contributed by atoms with Gasteiger partial charge in [0.25, 0.3) is 0 Å². The molecule has 0 amide bonds. The number of esters is 1. The quantitative estimate of drug-likeness (QED) is 0.0290. The van der Waals surface area contributed by atoms with Gasteiger partial charge in [-0.2, -0.15) is 18.3 Å². The third-order valence-electron chi connectivity index (χ3n) is 12.0. The highest BCUT2D eigenvalue weighted by Crippen LogP contribution is 2.53. The first-order chi connectivity index (χ1) is 36.7. The monoisotopic (exact) mass is 1160 g/mol. The summed E-state index contributed by atoms with van der Waals surface area (Å²) in [6.45, 7) is 4.51. The Morgan fingerprint density at radius 3 is 2.25 bits per heavy atom. The van der Waals surface area contributed by atoms with Crippen LogP contribution in [0.25, 0.3) is 0 Å². The molecule has 1 aliphatic carbocycles. The maximum Gasteiger partial charge on any atom is 0.416 e. The number of H-pyrrole nitrogens is 1. The molecule has 2 aromatic heterocycles. The minimum atomic E-state index is -4.44. The lowest BCUT2D eigenvalue weighted by Gasteiger charge is -2.33. The average molecular weight is 1160 g/mol. The largest absolute Gasteiger partial charge is 0.464 e. The third-order valence-corrected chi connectivity index (χ3v) is 14.0. The zero-order valence-corrected chi connectivity index (χ0v) is 45.6. The van der Waals surface area contributed by atoms with Gasteiger partial charge in [-0.15, -0.1) is 11.6 Å². The van der Waals surface area contributed by atoms with E-state index in [1.807, 2.05) is 43.3 Å². The van der Waals surface area contributed by atoms with Crippen LogP contribution in [0.2, 0.25) is 15.1 Å². The van der Waals surface area contributed by atoms with Crippen LogP contribution < -0.4 is 4.74 Å². The lowest BCUT2D eigenvalue weighted by Crippen LogP contribution is -2.47. The minimum Gasteiger partial charge on any atom is -0.464 e. The van der Waals surface area contributed by atoms with E-state index < -0.39 is 34.0 Å². The van der Waals surface area contributed by atoms with Crippen LogP contribution in [-0.4, -0.2) is 89.4 Å². The molecule has 406 valence electrons. The number of methoxy groups -OCH3 is 1. The Kier molecular flexibility index (Phi) is 19.6. The summed E-state index contributed by atoms with van der Waals surface area (Å²) in [4.78, 5) is 29.3. The van der Waals surface area contributed by atoms with Gasteiger partial charge in [0.1, 0.15) is 56.3 Å². The molecule has 0 radical (unpaired) electrons. The first-order valence-corrected chi connectivity index (χ1v) is 25.4. The van der Waals surface area contributed by atoms with E-state index in [4.69, 9.17) is 87.2 Å². The zero-order chi connectivity index (χ0) is 55.4. The molecule has 7 aromatic rings. The van der Waals surface area contributed by atoms with E-state index in [2.05, 4.69) is 30.5 Å². The number of carbonyl (C=O) groups excluding carboxylic acids is 1. The van der Waals surface area contributed by atoms with Crippen LogP contribution in [0.5, 0.6) is 11.5 Å². The molecule has 2 fully saturated rings. The number of halogens is 7. The maximum atomic E-state index is 12.9. The van der Waals surface area contributed by atoms with Gasteiger partial charge >= 0.3 is 12.1 Å². The molecule has 2 aliphatic rings. The molecule has 1 saturated carbocycles. The van der Waals surface area contributed by atoms with Crippen molar-refractivity contribution in [2.24, 2.45) is 10.3 Å². The van der Waals surface area contributed by atoms with Crippen molar-refractivity contribution in [3.63, 3.8) is 0 Å². The number of nitrogens with zero attached hydrogens (tertiary/aromatic N) is 7. The molecule has 0 spiro atoms. The van der Waals surface area contributed by atoms with Gasteiger partial charge in [-0.3, -0.25) is 9.78 Å². The average Bonchev–Trinajstić information content (AvgIpc) is 3.72. The molecule has 1 saturated heterocycles. The lowest BCUT2D eigenvalue weighted by atomic mass is 9.89. The predicted octanol–water partition coefficient (Wildman–Crippen LogP) is 12.2. The standard InChI is InChI=1S/C20H19F3N2O4.C19H17Cl2N3O3.C14H15Cl2N3OS/c1-13(14-8-6-9-16(11-14)20(21,22)23)24-29-12-15-7-4-5-10-17(15)18(25-28-3)19(26)27-2;1-13-9-25-19(27-13,10-24-12-22-11-23-24)17-7-6-16(8-18(17)21)26-15-4-2-14(20)3-5-15;15-11-4-2-1-3-10(11)7-14(20,13(16)5-6-13)8-19-12(21)17-9-18-19/h4-11H,12H2,1-3H3;2-8,11-13H,9-10H2,1H3;1-4,9,20H,5-8H2,(H,17,18,21)/b24-13+,25-18+;;. The summed E-state index contributed by atoms with van der Waals surface area (Å²) in [7, 11) is 2.51. The van der Waals surface area contributed by atoms with E-state index in [0.29, 0.717) is 67.6 Å². The summed E-state index contributed by atoms with van der Waals surface area (Å²) in [5.41, 5.74) is 1.18. The number of hydrogen-bond acceptors (Lipinski definition) is 14. The van der Waals surface area contributed by atoms with Gasteiger partial charge in [-0.05, 0) is 111 Å². The highest BCUT2D eigenvalue weighted by Gasteiger charge is 2.58. The third kappa shape index (κ3) is 15.2. The number of hydrogen-bond donors (Lipinski definition) is 2. The summed E-state index contributed by atoms with van der Waals surface area (Å²) in [6.07, 6.45) is 2.01. The number of rotatable bonds is 17. The number of carbonyl (C=O) groups is 1. The maximum absolute atomic E-state index is 12.9. The number of aromatic nitrogens is 6. The Bertz CT molecular complexity index is 3230. The highest BCUT2D eigenvalue weighted by atomic mass is 35.5. The Labute approximate surface area is 466 Å².